The normalized spacial score (nSPS) is 9.54. The Balaban J connectivity index is 0.000000647. The molecule has 24 heavy (non-hydrogen) atoms. The van der Waals surface area contributed by atoms with Crippen molar-refractivity contribution in [3.63, 3.8) is 0 Å². The Bertz CT molecular complexity index is 871. The predicted molar refractivity (Wildman–Crippen MR) is 95.0 cm³/mol. The summed E-state index contributed by atoms with van der Waals surface area (Å²) in [4.78, 5) is 0. The van der Waals surface area contributed by atoms with Crippen LogP contribution in [0.3, 0.4) is 0 Å². The maximum Gasteiger partial charge on any atom is 0.123 e. The van der Waals surface area contributed by atoms with Crippen LogP contribution in [0, 0.1) is 24.1 Å². The maximum absolute atomic E-state index is 13.4. The summed E-state index contributed by atoms with van der Waals surface area (Å²) in [7, 11) is 0. The van der Waals surface area contributed by atoms with E-state index < -0.39 is 0 Å². The summed E-state index contributed by atoms with van der Waals surface area (Å²) in [5, 5.41) is 9.30. The molecule has 0 radical (unpaired) electrons. The van der Waals surface area contributed by atoms with Gasteiger partial charge < -0.3 is 10.3 Å². The van der Waals surface area contributed by atoms with Crippen molar-refractivity contribution in [1.29, 1.82) is 5.26 Å². The first-order valence-electron chi connectivity index (χ1n) is 7.36. The molecule has 1 heterocycles. The Kier molecular flexibility index (Phi) is 5.54. The number of nitrogens with zero attached hydrogens (tertiary/aromatic N) is 2. The molecule has 4 heteroatoms. The van der Waals surface area contributed by atoms with Crippen LogP contribution in [0.15, 0.2) is 73.7 Å². The third-order valence-corrected chi connectivity index (χ3v) is 3.41. The van der Waals surface area contributed by atoms with E-state index in [9.17, 15) is 9.65 Å². The molecule has 0 atom stereocenters. The molecule has 2 aromatic carbocycles. The highest BCUT2D eigenvalue weighted by atomic mass is 19.1. The zero-order chi connectivity index (χ0) is 17.5. The number of aromatic nitrogens is 1. The minimum absolute atomic E-state index is 0.306. The van der Waals surface area contributed by atoms with Gasteiger partial charge in [0, 0.05) is 23.6 Å². The summed E-state index contributed by atoms with van der Waals surface area (Å²) in [6, 6.07) is 16.5. The Labute approximate surface area is 141 Å². The Morgan fingerprint density at radius 3 is 2.42 bits per heavy atom. The van der Waals surface area contributed by atoms with Crippen LogP contribution >= 0.6 is 0 Å². The van der Waals surface area contributed by atoms with Gasteiger partial charge in [-0.1, -0.05) is 36.4 Å². The van der Waals surface area contributed by atoms with Crippen molar-refractivity contribution in [2.75, 3.05) is 0 Å². The smallest absolute Gasteiger partial charge is 0.123 e. The van der Waals surface area contributed by atoms with E-state index in [0.717, 1.165) is 11.3 Å². The van der Waals surface area contributed by atoms with Gasteiger partial charge in [0.2, 0.25) is 0 Å². The summed E-state index contributed by atoms with van der Waals surface area (Å²) in [6.07, 6.45) is 4.88. The second kappa shape index (κ2) is 7.80. The fourth-order valence-electron chi connectivity index (χ4n) is 2.30. The molecule has 0 aliphatic heterocycles. The van der Waals surface area contributed by atoms with Crippen LogP contribution in [-0.4, -0.2) is 4.57 Å². The van der Waals surface area contributed by atoms with Crippen molar-refractivity contribution in [3.8, 4) is 22.9 Å². The highest BCUT2D eigenvalue weighted by molar-refractivity contribution is 5.70. The zero-order valence-electron chi connectivity index (χ0n) is 13.4. The minimum atomic E-state index is -0.306. The third-order valence-electron chi connectivity index (χ3n) is 3.41. The third kappa shape index (κ3) is 3.90. The largest absolute Gasteiger partial charge is 0.405 e. The molecule has 0 unspecified atom stereocenters. The summed E-state index contributed by atoms with van der Waals surface area (Å²) in [5.41, 5.74) is 8.73. The molecule has 0 saturated carbocycles. The van der Waals surface area contributed by atoms with Gasteiger partial charge in [-0.15, -0.1) is 0 Å². The van der Waals surface area contributed by atoms with Crippen LogP contribution in [0.5, 0.6) is 0 Å². The SMILES string of the molecule is C=CN.Cc1ccc(-n2cc(C#N)c(-c3cccc(F)c3)c2)cc1. The average Bonchev–Trinajstić information content (AvgIpc) is 3.00. The number of hydrogen-bond donors (Lipinski definition) is 1. The lowest BCUT2D eigenvalue weighted by molar-refractivity contribution is 0.628. The van der Waals surface area contributed by atoms with Crippen molar-refractivity contribution in [2.24, 2.45) is 5.73 Å². The number of nitrogens with two attached hydrogens (primary N) is 1. The highest BCUT2D eigenvalue weighted by Crippen LogP contribution is 2.26. The molecule has 0 fully saturated rings. The number of halogens is 1. The van der Waals surface area contributed by atoms with Crippen molar-refractivity contribution in [2.45, 2.75) is 6.92 Å². The first kappa shape index (κ1) is 17.0. The number of benzene rings is 2. The van der Waals surface area contributed by atoms with E-state index in [4.69, 9.17) is 0 Å². The highest BCUT2D eigenvalue weighted by Gasteiger charge is 2.10. The first-order chi connectivity index (χ1) is 11.6. The van der Waals surface area contributed by atoms with Gasteiger partial charge in [0.1, 0.15) is 11.9 Å². The van der Waals surface area contributed by atoms with Crippen molar-refractivity contribution in [3.05, 3.63) is 90.6 Å². The van der Waals surface area contributed by atoms with Crippen LogP contribution < -0.4 is 5.73 Å². The van der Waals surface area contributed by atoms with E-state index >= 15 is 0 Å². The average molecular weight is 319 g/mol. The monoisotopic (exact) mass is 319 g/mol. The van der Waals surface area contributed by atoms with Gasteiger partial charge in [0.25, 0.3) is 0 Å². The lowest BCUT2D eigenvalue weighted by Gasteiger charge is -2.03. The second-order valence-electron chi connectivity index (χ2n) is 5.19. The predicted octanol–water partition coefficient (Wildman–Crippen LogP) is 4.55. The second-order valence-corrected chi connectivity index (χ2v) is 5.19. The molecule has 0 aliphatic rings. The summed E-state index contributed by atoms with van der Waals surface area (Å²) in [6.45, 7) is 5.17. The van der Waals surface area contributed by atoms with Crippen molar-refractivity contribution in [1.82, 2.24) is 4.57 Å². The van der Waals surface area contributed by atoms with Gasteiger partial charge in [0.05, 0.1) is 5.56 Å². The van der Waals surface area contributed by atoms with Crippen LogP contribution in [0.1, 0.15) is 11.1 Å². The summed E-state index contributed by atoms with van der Waals surface area (Å²) in [5.74, 6) is -0.306. The van der Waals surface area contributed by atoms with Crippen LogP contribution in [0.25, 0.3) is 16.8 Å². The Hall–Kier alpha value is -3.32. The fourth-order valence-corrected chi connectivity index (χ4v) is 2.30. The molecule has 3 aromatic rings. The molecule has 0 spiro atoms. The minimum Gasteiger partial charge on any atom is -0.405 e. The Morgan fingerprint density at radius 2 is 1.83 bits per heavy atom. The van der Waals surface area contributed by atoms with Gasteiger partial charge in [-0.2, -0.15) is 5.26 Å². The Morgan fingerprint density at radius 1 is 1.17 bits per heavy atom. The molecule has 0 saturated heterocycles. The lowest BCUT2D eigenvalue weighted by Crippen LogP contribution is -1.89. The van der Waals surface area contributed by atoms with E-state index in [1.54, 1.807) is 18.3 Å². The van der Waals surface area contributed by atoms with E-state index in [2.05, 4.69) is 18.4 Å². The topological polar surface area (TPSA) is 54.7 Å². The molecule has 0 aliphatic carbocycles. The zero-order valence-corrected chi connectivity index (χ0v) is 13.4. The standard InChI is InChI=1S/C18H13FN2.C2H5N/c1-13-5-7-17(8-6-13)21-11-15(10-20)18(12-21)14-3-2-4-16(19)9-14;1-2-3/h2-9,11-12H,1H3;2H,1,3H2. The molecule has 3 nitrogen and oxygen atoms in total. The molecule has 3 rings (SSSR count). The number of rotatable bonds is 2. The van der Waals surface area contributed by atoms with Crippen LogP contribution in [0.4, 0.5) is 4.39 Å². The number of nitriles is 1. The molecule has 1 aromatic heterocycles. The molecular weight excluding hydrogens is 301 g/mol. The van der Waals surface area contributed by atoms with E-state index in [1.165, 1.54) is 23.9 Å². The van der Waals surface area contributed by atoms with E-state index in [1.807, 2.05) is 42.0 Å². The van der Waals surface area contributed by atoms with Gasteiger partial charge >= 0.3 is 0 Å². The molecule has 0 bridgehead atoms. The van der Waals surface area contributed by atoms with E-state index in [0.29, 0.717) is 11.1 Å². The van der Waals surface area contributed by atoms with Gasteiger partial charge in [0.15, 0.2) is 0 Å². The van der Waals surface area contributed by atoms with Gasteiger partial charge in [-0.05, 0) is 43.0 Å². The molecule has 2 N–H and O–H groups in total. The first-order valence-corrected chi connectivity index (χ1v) is 7.36. The van der Waals surface area contributed by atoms with Gasteiger partial charge in [-0.3, -0.25) is 0 Å². The number of hydrogen-bond acceptors (Lipinski definition) is 2. The van der Waals surface area contributed by atoms with Crippen LogP contribution in [-0.2, 0) is 0 Å². The van der Waals surface area contributed by atoms with Crippen LogP contribution in [0.2, 0.25) is 0 Å². The van der Waals surface area contributed by atoms with Gasteiger partial charge in [-0.25, -0.2) is 4.39 Å². The molecule has 0 amide bonds. The van der Waals surface area contributed by atoms with E-state index in [-0.39, 0.29) is 5.82 Å². The summed E-state index contributed by atoms with van der Waals surface area (Å²) >= 11 is 0. The summed E-state index contributed by atoms with van der Waals surface area (Å²) < 4.78 is 15.3. The lowest BCUT2D eigenvalue weighted by atomic mass is 10.1. The number of aryl methyl sites for hydroxylation is 1. The fraction of sp³-hybridized carbons (Fsp3) is 0.0500. The molecular formula is C20H18FN3. The van der Waals surface area contributed by atoms with Crippen molar-refractivity contribution >= 4 is 0 Å². The maximum atomic E-state index is 13.4. The van der Waals surface area contributed by atoms with Crippen molar-refractivity contribution < 1.29 is 4.39 Å². The quantitative estimate of drug-likeness (QED) is 0.753. The molecule has 120 valence electrons.